The van der Waals surface area contributed by atoms with Crippen molar-refractivity contribution in [1.82, 2.24) is 4.90 Å². The Bertz CT molecular complexity index is 240. The minimum absolute atomic E-state index is 0.188. The molecule has 0 aliphatic carbocycles. The molecule has 2 unspecified atom stereocenters. The molecule has 3 heteroatoms. The van der Waals surface area contributed by atoms with E-state index in [-0.39, 0.29) is 12.5 Å². The monoisotopic (exact) mass is 241 g/mol. The molecular weight excluding hydrogens is 214 g/mol. The third-order valence-corrected chi connectivity index (χ3v) is 3.86. The lowest BCUT2D eigenvalue weighted by Gasteiger charge is -2.26. The van der Waals surface area contributed by atoms with Crippen molar-refractivity contribution in [2.75, 3.05) is 19.7 Å². The molecule has 1 aliphatic heterocycles. The zero-order valence-electron chi connectivity index (χ0n) is 11.5. The predicted octanol–water partition coefficient (Wildman–Crippen LogP) is 2.29. The van der Waals surface area contributed by atoms with Gasteiger partial charge in [0.05, 0.1) is 0 Å². The number of amides is 1. The van der Waals surface area contributed by atoms with Crippen LogP contribution in [0.15, 0.2) is 0 Å². The summed E-state index contributed by atoms with van der Waals surface area (Å²) in [5.41, 5.74) is 0. The topological polar surface area (TPSA) is 40.5 Å². The van der Waals surface area contributed by atoms with Gasteiger partial charge in [0.25, 0.3) is 0 Å². The second-order valence-corrected chi connectivity index (χ2v) is 5.59. The van der Waals surface area contributed by atoms with Crippen LogP contribution in [0.3, 0.4) is 0 Å². The van der Waals surface area contributed by atoms with Crippen LogP contribution < -0.4 is 0 Å². The lowest BCUT2D eigenvalue weighted by molar-refractivity contribution is -0.136. The highest BCUT2D eigenvalue weighted by atomic mass is 16.3. The van der Waals surface area contributed by atoms with Crippen molar-refractivity contribution in [2.45, 2.75) is 46.5 Å². The van der Waals surface area contributed by atoms with Crippen molar-refractivity contribution in [3.63, 3.8) is 0 Å². The Kier molecular flexibility index (Phi) is 5.96. The highest BCUT2D eigenvalue weighted by Crippen LogP contribution is 2.25. The average molecular weight is 241 g/mol. The third-order valence-electron chi connectivity index (χ3n) is 3.86. The number of likely N-dealkylation sites (tertiary alicyclic amines) is 1. The van der Waals surface area contributed by atoms with Crippen LogP contribution >= 0.6 is 0 Å². The Hall–Kier alpha value is -0.570. The Balaban J connectivity index is 2.51. The number of hydrogen-bond acceptors (Lipinski definition) is 2. The van der Waals surface area contributed by atoms with E-state index in [0.29, 0.717) is 17.7 Å². The quantitative estimate of drug-likeness (QED) is 0.775. The number of carbonyl (C=O) groups excluding carboxylic acids is 1. The van der Waals surface area contributed by atoms with E-state index in [0.717, 1.165) is 38.8 Å². The summed E-state index contributed by atoms with van der Waals surface area (Å²) < 4.78 is 0. The maximum absolute atomic E-state index is 12.4. The van der Waals surface area contributed by atoms with E-state index in [2.05, 4.69) is 20.8 Å². The Morgan fingerprint density at radius 2 is 2.18 bits per heavy atom. The molecule has 0 aromatic rings. The maximum atomic E-state index is 12.4. The molecule has 0 spiro atoms. The van der Waals surface area contributed by atoms with Crippen molar-refractivity contribution in [3.05, 3.63) is 0 Å². The van der Waals surface area contributed by atoms with Crippen molar-refractivity contribution < 1.29 is 9.90 Å². The molecule has 1 aliphatic rings. The smallest absolute Gasteiger partial charge is 0.225 e. The highest BCUT2D eigenvalue weighted by Gasteiger charge is 2.31. The van der Waals surface area contributed by atoms with Crippen LogP contribution in [0.1, 0.15) is 46.5 Å². The molecule has 0 saturated carbocycles. The molecule has 0 radical (unpaired) electrons. The molecule has 100 valence electrons. The van der Waals surface area contributed by atoms with Crippen LogP contribution in [-0.4, -0.2) is 35.6 Å². The number of aliphatic hydroxyl groups excluding tert-OH is 1. The van der Waals surface area contributed by atoms with Crippen LogP contribution in [0.25, 0.3) is 0 Å². The molecule has 1 heterocycles. The van der Waals surface area contributed by atoms with Gasteiger partial charge in [0.15, 0.2) is 0 Å². The molecule has 2 atom stereocenters. The second kappa shape index (κ2) is 7.00. The van der Waals surface area contributed by atoms with Gasteiger partial charge in [-0.2, -0.15) is 0 Å². The Morgan fingerprint density at radius 3 is 2.71 bits per heavy atom. The Morgan fingerprint density at radius 1 is 1.47 bits per heavy atom. The first-order valence-electron chi connectivity index (χ1n) is 6.99. The second-order valence-electron chi connectivity index (χ2n) is 5.59. The zero-order valence-corrected chi connectivity index (χ0v) is 11.5. The SMILES string of the molecule is CCCC(C(=O)N1CCC(CCO)C1)C(C)C. The van der Waals surface area contributed by atoms with Gasteiger partial charge < -0.3 is 10.0 Å². The van der Waals surface area contributed by atoms with Crippen LogP contribution in [0.4, 0.5) is 0 Å². The Labute approximate surface area is 105 Å². The van der Waals surface area contributed by atoms with Crippen LogP contribution in [0.5, 0.6) is 0 Å². The lowest BCUT2D eigenvalue weighted by atomic mass is 9.90. The predicted molar refractivity (Wildman–Crippen MR) is 69.6 cm³/mol. The summed E-state index contributed by atoms with van der Waals surface area (Å²) in [6.07, 6.45) is 3.97. The van der Waals surface area contributed by atoms with Gasteiger partial charge in [-0.15, -0.1) is 0 Å². The molecule has 1 amide bonds. The largest absolute Gasteiger partial charge is 0.396 e. The summed E-state index contributed by atoms with van der Waals surface area (Å²) in [6.45, 7) is 8.40. The van der Waals surface area contributed by atoms with Crippen LogP contribution in [0, 0.1) is 17.8 Å². The fourth-order valence-electron chi connectivity index (χ4n) is 2.74. The van der Waals surface area contributed by atoms with E-state index in [1.54, 1.807) is 0 Å². The molecule has 3 nitrogen and oxygen atoms in total. The molecule has 0 aromatic carbocycles. The molecular formula is C14H27NO2. The molecule has 1 fully saturated rings. The fourth-order valence-corrected chi connectivity index (χ4v) is 2.74. The molecule has 1 N–H and O–H groups in total. The van der Waals surface area contributed by atoms with Gasteiger partial charge in [0, 0.05) is 25.6 Å². The molecule has 1 rings (SSSR count). The van der Waals surface area contributed by atoms with E-state index in [9.17, 15) is 4.79 Å². The first kappa shape index (κ1) is 14.5. The highest BCUT2D eigenvalue weighted by molar-refractivity contribution is 5.79. The zero-order chi connectivity index (χ0) is 12.8. The van der Waals surface area contributed by atoms with E-state index in [1.165, 1.54) is 0 Å². The van der Waals surface area contributed by atoms with Crippen molar-refractivity contribution >= 4 is 5.91 Å². The summed E-state index contributed by atoms with van der Waals surface area (Å²) in [7, 11) is 0. The molecule has 1 saturated heterocycles. The molecule has 0 bridgehead atoms. The molecule has 17 heavy (non-hydrogen) atoms. The van der Waals surface area contributed by atoms with Gasteiger partial charge >= 0.3 is 0 Å². The maximum Gasteiger partial charge on any atom is 0.225 e. The first-order valence-corrected chi connectivity index (χ1v) is 6.99. The van der Waals surface area contributed by atoms with Crippen molar-refractivity contribution in [1.29, 1.82) is 0 Å². The number of aliphatic hydroxyl groups is 1. The standard InChI is InChI=1S/C14H27NO2/c1-4-5-13(11(2)3)14(17)15-8-6-12(10-15)7-9-16/h11-13,16H,4-10H2,1-3H3. The normalized spacial score (nSPS) is 22.2. The third kappa shape index (κ3) is 3.98. The van der Waals surface area contributed by atoms with Gasteiger partial charge in [-0.3, -0.25) is 4.79 Å². The van der Waals surface area contributed by atoms with Crippen LogP contribution in [-0.2, 0) is 4.79 Å². The minimum atomic E-state index is 0.188. The van der Waals surface area contributed by atoms with Gasteiger partial charge in [-0.1, -0.05) is 27.2 Å². The van der Waals surface area contributed by atoms with Crippen LogP contribution in [0.2, 0.25) is 0 Å². The van der Waals surface area contributed by atoms with E-state index in [1.807, 2.05) is 4.90 Å². The van der Waals surface area contributed by atoms with Gasteiger partial charge in [0.2, 0.25) is 5.91 Å². The summed E-state index contributed by atoms with van der Waals surface area (Å²) in [5.74, 6) is 1.47. The number of nitrogens with zero attached hydrogens (tertiary/aromatic N) is 1. The lowest BCUT2D eigenvalue weighted by Crippen LogP contribution is -2.36. The number of carbonyl (C=O) groups is 1. The summed E-state index contributed by atoms with van der Waals surface area (Å²) >= 11 is 0. The fraction of sp³-hybridized carbons (Fsp3) is 0.929. The van der Waals surface area contributed by atoms with Gasteiger partial charge in [-0.05, 0) is 31.1 Å². The van der Waals surface area contributed by atoms with Crippen molar-refractivity contribution in [2.24, 2.45) is 17.8 Å². The molecule has 0 aromatic heterocycles. The van der Waals surface area contributed by atoms with E-state index < -0.39 is 0 Å². The summed E-state index contributed by atoms with van der Waals surface area (Å²) in [6, 6.07) is 0. The number of hydrogen-bond donors (Lipinski definition) is 1. The average Bonchev–Trinajstić information content (AvgIpc) is 2.73. The summed E-state index contributed by atoms with van der Waals surface area (Å²) in [4.78, 5) is 14.4. The minimum Gasteiger partial charge on any atom is -0.396 e. The van der Waals surface area contributed by atoms with Gasteiger partial charge in [-0.25, -0.2) is 0 Å². The van der Waals surface area contributed by atoms with Gasteiger partial charge in [0.1, 0.15) is 0 Å². The van der Waals surface area contributed by atoms with Crippen molar-refractivity contribution in [3.8, 4) is 0 Å². The summed E-state index contributed by atoms with van der Waals surface area (Å²) in [5, 5.41) is 8.93. The first-order chi connectivity index (χ1) is 8.10. The number of rotatable bonds is 6. The van der Waals surface area contributed by atoms with E-state index in [4.69, 9.17) is 5.11 Å². The van der Waals surface area contributed by atoms with E-state index >= 15 is 0 Å².